The van der Waals surface area contributed by atoms with Gasteiger partial charge in [-0.2, -0.15) is 0 Å². The Hall–Kier alpha value is -2.54. The number of sulfonamides is 1. The summed E-state index contributed by atoms with van der Waals surface area (Å²) in [5.41, 5.74) is 0.0304. The van der Waals surface area contributed by atoms with E-state index in [1.807, 2.05) is 0 Å². The maximum Gasteiger partial charge on any atom is 0.341 e. The van der Waals surface area contributed by atoms with E-state index in [0.29, 0.717) is 0 Å². The summed E-state index contributed by atoms with van der Waals surface area (Å²) in [5.74, 6) is -1.04. The minimum absolute atomic E-state index is 0.0951. The second kappa shape index (κ2) is 5.84. The SMILES string of the molecule is COC(=O)c1cc(NS(=O)(=O)c2ccccc2)ccc1O. The molecule has 0 bridgehead atoms. The van der Waals surface area contributed by atoms with E-state index in [1.165, 1.54) is 37.4 Å². The first-order chi connectivity index (χ1) is 9.94. The highest BCUT2D eigenvalue weighted by molar-refractivity contribution is 7.92. The number of rotatable bonds is 4. The van der Waals surface area contributed by atoms with Crippen molar-refractivity contribution in [2.45, 2.75) is 4.90 Å². The Labute approximate surface area is 122 Å². The minimum Gasteiger partial charge on any atom is -0.507 e. The molecule has 0 fully saturated rings. The number of hydrogen-bond acceptors (Lipinski definition) is 5. The highest BCUT2D eigenvalue weighted by Crippen LogP contribution is 2.24. The van der Waals surface area contributed by atoms with Gasteiger partial charge in [-0.3, -0.25) is 4.72 Å². The van der Waals surface area contributed by atoms with Crippen LogP contribution in [0.15, 0.2) is 53.4 Å². The number of esters is 1. The second-order valence-corrected chi connectivity index (χ2v) is 5.82. The highest BCUT2D eigenvalue weighted by atomic mass is 32.2. The molecule has 0 aliphatic carbocycles. The summed E-state index contributed by atoms with van der Waals surface area (Å²) in [6, 6.07) is 11.6. The van der Waals surface area contributed by atoms with Gasteiger partial charge in [-0.15, -0.1) is 0 Å². The van der Waals surface area contributed by atoms with Crippen molar-refractivity contribution in [3.8, 4) is 5.75 Å². The maximum absolute atomic E-state index is 12.1. The van der Waals surface area contributed by atoms with Gasteiger partial charge in [0.1, 0.15) is 11.3 Å². The molecule has 0 heterocycles. The molecule has 0 radical (unpaired) electrons. The number of methoxy groups -OCH3 is 1. The Balaban J connectivity index is 2.34. The van der Waals surface area contributed by atoms with E-state index in [0.717, 1.165) is 0 Å². The number of phenolic OH excluding ortho intramolecular Hbond substituents is 1. The Morgan fingerprint density at radius 3 is 2.43 bits per heavy atom. The van der Waals surface area contributed by atoms with Crippen LogP contribution in [-0.4, -0.2) is 26.6 Å². The van der Waals surface area contributed by atoms with Gasteiger partial charge in [0.25, 0.3) is 10.0 Å². The van der Waals surface area contributed by atoms with Crippen molar-refractivity contribution in [3.63, 3.8) is 0 Å². The van der Waals surface area contributed by atoms with E-state index in [9.17, 15) is 18.3 Å². The Morgan fingerprint density at radius 1 is 1.14 bits per heavy atom. The molecule has 0 spiro atoms. The van der Waals surface area contributed by atoms with Gasteiger partial charge >= 0.3 is 5.97 Å². The first-order valence-electron chi connectivity index (χ1n) is 5.93. The number of ether oxygens (including phenoxy) is 1. The third-order valence-electron chi connectivity index (χ3n) is 2.71. The number of nitrogens with one attached hydrogen (secondary N) is 1. The van der Waals surface area contributed by atoms with Gasteiger partial charge in [0.05, 0.1) is 12.0 Å². The van der Waals surface area contributed by atoms with Crippen LogP contribution in [-0.2, 0) is 14.8 Å². The monoisotopic (exact) mass is 307 g/mol. The fourth-order valence-corrected chi connectivity index (χ4v) is 2.76. The number of carbonyl (C=O) groups is 1. The maximum atomic E-state index is 12.1. The molecule has 2 aromatic carbocycles. The molecule has 0 aliphatic rings. The summed E-state index contributed by atoms with van der Waals surface area (Å²) in [7, 11) is -2.59. The summed E-state index contributed by atoms with van der Waals surface area (Å²) < 4.78 is 31.1. The molecule has 0 aromatic heterocycles. The zero-order valence-electron chi connectivity index (χ0n) is 11.1. The van der Waals surface area contributed by atoms with Crippen LogP contribution in [0.3, 0.4) is 0 Å². The molecular formula is C14H13NO5S. The number of benzene rings is 2. The third kappa shape index (κ3) is 3.32. The minimum atomic E-state index is -3.76. The van der Waals surface area contributed by atoms with Crippen molar-refractivity contribution in [1.29, 1.82) is 0 Å². The molecule has 0 atom stereocenters. The summed E-state index contributed by atoms with van der Waals surface area (Å²) in [5, 5.41) is 9.57. The van der Waals surface area contributed by atoms with E-state index >= 15 is 0 Å². The standard InChI is InChI=1S/C14H13NO5S/c1-20-14(17)12-9-10(7-8-13(12)16)15-21(18,19)11-5-3-2-4-6-11/h2-9,15-16H,1H3. The van der Waals surface area contributed by atoms with E-state index < -0.39 is 16.0 Å². The summed E-state index contributed by atoms with van der Waals surface area (Å²) in [4.78, 5) is 11.6. The number of anilines is 1. The lowest BCUT2D eigenvalue weighted by Crippen LogP contribution is -2.13. The first kappa shape index (κ1) is 14.9. The largest absolute Gasteiger partial charge is 0.507 e. The van der Waals surface area contributed by atoms with Crippen LogP contribution in [0.1, 0.15) is 10.4 Å². The van der Waals surface area contributed by atoms with E-state index in [-0.39, 0.29) is 21.9 Å². The average Bonchev–Trinajstić information content (AvgIpc) is 2.49. The molecule has 2 aromatic rings. The van der Waals surface area contributed by atoms with Crippen molar-refractivity contribution in [1.82, 2.24) is 0 Å². The predicted molar refractivity (Wildman–Crippen MR) is 76.7 cm³/mol. The summed E-state index contributed by atoms with van der Waals surface area (Å²) >= 11 is 0. The lowest BCUT2D eigenvalue weighted by molar-refractivity contribution is 0.0597. The number of carbonyl (C=O) groups excluding carboxylic acids is 1. The smallest absolute Gasteiger partial charge is 0.341 e. The molecule has 0 saturated carbocycles. The Bertz CT molecular complexity index is 756. The van der Waals surface area contributed by atoms with Crippen LogP contribution in [0.25, 0.3) is 0 Å². The zero-order chi connectivity index (χ0) is 15.5. The molecular weight excluding hydrogens is 294 g/mol. The predicted octanol–water partition coefficient (Wildman–Crippen LogP) is 1.98. The molecule has 7 heteroatoms. The molecule has 21 heavy (non-hydrogen) atoms. The van der Waals surface area contributed by atoms with Crippen LogP contribution in [0.5, 0.6) is 5.75 Å². The lowest BCUT2D eigenvalue weighted by atomic mass is 10.2. The quantitative estimate of drug-likeness (QED) is 0.665. The van der Waals surface area contributed by atoms with Crippen molar-refractivity contribution in [2.75, 3.05) is 11.8 Å². The van der Waals surface area contributed by atoms with Crippen LogP contribution in [0.2, 0.25) is 0 Å². The molecule has 110 valence electrons. The summed E-state index contributed by atoms with van der Waals surface area (Å²) in [6.07, 6.45) is 0. The van der Waals surface area contributed by atoms with Gasteiger partial charge in [-0.1, -0.05) is 18.2 Å². The van der Waals surface area contributed by atoms with E-state index in [4.69, 9.17) is 0 Å². The Morgan fingerprint density at radius 2 is 1.81 bits per heavy atom. The second-order valence-electron chi connectivity index (χ2n) is 4.14. The topological polar surface area (TPSA) is 92.7 Å². The molecule has 2 N–H and O–H groups in total. The van der Waals surface area contributed by atoms with Crippen molar-refractivity contribution in [3.05, 3.63) is 54.1 Å². The van der Waals surface area contributed by atoms with Gasteiger partial charge in [0.15, 0.2) is 0 Å². The van der Waals surface area contributed by atoms with Gasteiger partial charge < -0.3 is 9.84 Å². The van der Waals surface area contributed by atoms with Crippen LogP contribution >= 0.6 is 0 Å². The zero-order valence-corrected chi connectivity index (χ0v) is 11.9. The lowest BCUT2D eigenvalue weighted by Gasteiger charge is -2.10. The average molecular weight is 307 g/mol. The van der Waals surface area contributed by atoms with Gasteiger partial charge in [-0.25, -0.2) is 13.2 Å². The summed E-state index contributed by atoms with van der Waals surface area (Å²) in [6.45, 7) is 0. The third-order valence-corrected chi connectivity index (χ3v) is 4.10. The first-order valence-corrected chi connectivity index (χ1v) is 7.41. The molecule has 6 nitrogen and oxygen atoms in total. The van der Waals surface area contributed by atoms with E-state index in [2.05, 4.69) is 9.46 Å². The highest BCUT2D eigenvalue weighted by Gasteiger charge is 2.17. The fraction of sp³-hybridized carbons (Fsp3) is 0.0714. The van der Waals surface area contributed by atoms with Crippen LogP contribution in [0.4, 0.5) is 5.69 Å². The van der Waals surface area contributed by atoms with Gasteiger partial charge in [-0.05, 0) is 30.3 Å². The molecule has 0 unspecified atom stereocenters. The number of phenols is 1. The van der Waals surface area contributed by atoms with E-state index in [1.54, 1.807) is 18.2 Å². The van der Waals surface area contributed by atoms with Crippen molar-refractivity contribution < 1.29 is 23.1 Å². The molecule has 0 aliphatic heterocycles. The normalized spacial score (nSPS) is 10.9. The number of hydrogen-bond donors (Lipinski definition) is 2. The van der Waals surface area contributed by atoms with Crippen LogP contribution < -0.4 is 4.72 Å². The molecule has 0 amide bonds. The molecule has 2 rings (SSSR count). The Kier molecular flexibility index (Phi) is 4.13. The fourth-order valence-electron chi connectivity index (χ4n) is 1.69. The number of aromatic hydroxyl groups is 1. The van der Waals surface area contributed by atoms with Crippen LogP contribution in [0, 0.1) is 0 Å². The van der Waals surface area contributed by atoms with Gasteiger partial charge in [0.2, 0.25) is 0 Å². The molecule has 0 saturated heterocycles. The van der Waals surface area contributed by atoms with Crippen molar-refractivity contribution in [2.24, 2.45) is 0 Å². The van der Waals surface area contributed by atoms with Gasteiger partial charge in [0, 0.05) is 5.69 Å². The van der Waals surface area contributed by atoms with Crippen molar-refractivity contribution >= 4 is 21.7 Å².